The summed E-state index contributed by atoms with van der Waals surface area (Å²) in [5.74, 6) is -1.68. The molecule has 3 N–H and O–H groups in total. The second-order valence-electron chi connectivity index (χ2n) is 3.73. The fourth-order valence-electron chi connectivity index (χ4n) is 1.50. The van der Waals surface area contributed by atoms with Crippen LogP contribution in [-0.2, 0) is 9.59 Å². The van der Waals surface area contributed by atoms with E-state index in [1.54, 1.807) is 24.3 Å². The Morgan fingerprint density at radius 3 is 2.67 bits per heavy atom. The summed E-state index contributed by atoms with van der Waals surface area (Å²) in [6.45, 7) is 0. The number of amides is 1. The molecular weight excluding hydrogens is 234 g/mol. The molecule has 0 radical (unpaired) electrons. The molecule has 0 spiro atoms. The summed E-state index contributed by atoms with van der Waals surface area (Å²) in [7, 11) is 1.46. The second-order valence-corrected chi connectivity index (χ2v) is 3.73. The van der Waals surface area contributed by atoms with Crippen molar-refractivity contribution in [3.8, 4) is 6.07 Å². The third-order valence-corrected chi connectivity index (χ3v) is 2.43. The maximum absolute atomic E-state index is 11.9. The van der Waals surface area contributed by atoms with E-state index in [1.807, 2.05) is 6.07 Å². The molecule has 0 heterocycles. The number of para-hydroxylation sites is 1. The number of rotatable bonds is 4. The Kier molecular flexibility index (Phi) is 4.40. The van der Waals surface area contributed by atoms with Crippen molar-refractivity contribution in [2.24, 2.45) is 5.73 Å². The average molecular weight is 247 g/mol. The molecule has 94 valence electrons. The number of likely N-dealkylation sites (N-methyl/N-ethyl adjacent to an activating group) is 1. The Balaban J connectivity index is 2.93. The number of hydrogen-bond acceptors (Lipinski definition) is 4. The van der Waals surface area contributed by atoms with Crippen LogP contribution >= 0.6 is 0 Å². The van der Waals surface area contributed by atoms with Gasteiger partial charge in [0.1, 0.15) is 6.07 Å². The van der Waals surface area contributed by atoms with Gasteiger partial charge in [0.25, 0.3) is 0 Å². The first-order valence-electron chi connectivity index (χ1n) is 5.21. The lowest BCUT2D eigenvalue weighted by Crippen LogP contribution is -2.43. The van der Waals surface area contributed by atoms with E-state index in [0.717, 1.165) is 0 Å². The lowest BCUT2D eigenvalue weighted by Gasteiger charge is -2.21. The summed E-state index contributed by atoms with van der Waals surface area (Å²) in [5, 5.41) is 17.5. The lowest BCUT2D eigenvalue weighted by atomic mass is 10.1. The van der Waals surface area contributed by atoms with E-state index in [9.17, 15) is 9.59 Å². The topological polar surface area (TPSA) is 107 Å². The fraction of sp³-hybridized carbons (Fsp3) is 0.250. The number of carboxylic acid groups (broad SMARTS) is 1. The highest BCUT2D eigenvalue weighted by molar-refractivity contribution is 5.99. The number of benzene rings is 1. The smallest absolute Gasteiger partial charge is 0.305 e. The molecule has 1 rings (SSSR count). The predicted octanol–water partition coefficient (Wildman–Crippen LogP) is 0.323. The highest BCUT2D eigenvalue weighted by atomic mass is 16.4. The van der Waals surface area contributed by atoms with Gasteiger partial charge in [-0.15, -0.1) is 0 Å². The molecule has 1 aromatic rings. The number of anilines is 1. The van der Waals surface area contributed by atoms with Gasteiger partial charge in [-0.05, 0) is 12.1 Å². The Morgan fingerprint density at radius 1 is 1.50 bits per heavy atom. The minimum absolute atomic E-state index is 0.330. The first-order valence-corrected chi connectivity index (χ1v) is 5.21. The number of carbonyl (C=O) groups is 2. The highest BCUT2D eigenvalue weighted by Gasteiger charge is 2.22. The van der Waals surface area contributed by atoms with E-state index in [0.29, 0.717) is 11.3 Å². The maximum Gasteiger partial charge on any atom is 0.305 e. The molecular formula is C12H13N3O3. The van der Waals surface area contributed by atoms with E-state index >= 15 is 0 Å². The molecule has 1 aromatic carbocycles. The molecule has 0 saturated heterocycles. The van der Waals surface area contributed by atoms with Gasteiger partial charge in [0, 0.05) is 7.05 Å². The van der Waals surface area contributed by atoms with Crippen molar-refractivity contribution in [1.29, 1.82) is 5.26 Å². The Morgan fingerprint density at radius 2 is 2.11 bits per heavy atom. The van der Waals surface area contributed by atoms with Gasteiger partial charge in [-0.1, -0.05) is 12.1 Å². The SMILES string of the molecule is CN(C(=O)C(N)CC(=O)O)c1ccccc1C#N. The van der Waals surface area contributed by atoms with Gasteiger partial charge < -0.3 is 15.7 Å². The van der Waals surface area contributed by atoms with Crippen molar-refractivity contribution in [3.63, 3.8) is 0 Å². The Labute approximate surface area is 104 Å². The number of carboxylic acids is 1. The average Bonchev–Trinajstić information content (AvgIpc) is 2.36. The highest BCUT2D eigenvalue weighted by Crippen LogP contribution is 2.18. The summed E-state index contributed by atoms with van der Waals surface area (Å²) in [4.78, 5) is 23.6. The summed E-state index contributed by atoms with van der Waals surface area (Å²) in [5.41, 5.74) is 6.23. The van der Waals surface area contributed by atoms with E-state index in [1.165, 1.54) is 11.9 Å². The molecule has 0 saturated carbocycles. The first-order chi connectivity index (χ1) is 8.47. The minimum atomic E-state index is -1.14. The third-order valence-electron chi connectivity index (χ3n) is 2.43. The van der Waals surface area contributed by atoms with Crippen molar-refractivity contribution in [2.75, 3.05) is 11.9 Å². The Bertz CT molecular complexity index is 508. The maximum atomic E-state index is 11.9. The van der Waals surface area contributed by atoms with Crippen molar-refractivity contribution >= 4 is 17.6 Å². The zero-order valence-electron chi connectivity index (χ0n) is 9.83. The molecule has 1 unspecified atom stereocenters. The molecule has 6 heteroatoms. The summed E-state index contributed by atoms with van der Waals surface area (Å²) < 4.78 is 0. The van der Waals surface area contributed by atoms with Crippen LogP contribution in [0, 0.1) is 11.3 Å². The quantitative estimate of drug-likeness (QED) is 0.796. The molecule has 0 aliphatic rings. The number of nitrogens with zero attached hydrogens (tertiary/aromatic N) is 2. The van der Waals surface area contributed by atoms with E-state index < -0.39 is 24.3 Å². The lowest BCUT2D eigenvalue weighted by molar-refractivity contribution is -0.139. The van der Waals surface area contributed by atoms with Crippen molar-refractivity contribution in [3.05, 3.63) is 29.8 Å². The standard InChI is InChI=1S/C12H13N3O3/c1-15(12(18)9(14)6-11(16)17)10-5-3-2-4-8(10)7-13/h2-5,9H,6,14H2,1H3,(H,16,17). The molecule has 6 nitrogen and oxygen atoms in total. The summed E-state index contributed by atoms with van der Waals surface area (Å²) in [6, 6.07) is 7.37. The largest absolute Gasteiger partial charge is 0.481 e. The molecule has 0 aliphatic carbocycles. The van der Waals surface area contributed by atoms with Crippen molar-refractivity contribution in [2.45, 2.75) is 12.5 Å². The minimum Gasteiger partial charge on any atom is -0.481 e. The van der Waals surface area contributed by atoms with Crippen LogP contribution < -0.4 is 10.6 Å². The molecule has 0 aromatic heterocycles. The van der Waals surface area contributed by atoms with Crippen LogP contribution in [0.15, 0.2) is 24.3 Å². The Hall–Kier alpha value is -2.39. The summed E-state index contributed by atoms with van der Waals surface area (Å²) >= 11 is 0. The van der Waals surface area contributed by atoms with Gasteiger partial charge in [-0.2, -0.15) is 5.26 Å². The molecule has 1 amide bonds. The van der Waals surface area contributed by atoms with E-state index in [2.05, 4.69) is 0 Å². The van der Waals surface area contributed by atoms with Gasteiger partial charge in [0.05, 0.1) is 23.7 Å². The van der Waals surface area contributed by atoms with Gasteiger partial charge in [0.2, 0.25) is 5.91 Å². The van der Waals surface area contributed by atoms with Crippen LogP contribution in [0.2, 0.25) is 0 Å². The molecule has 0 fully saturated rings. The third kappa shape index (κ3) is 3.06. The predicted molar refractivity (Wildman–Crippen MR) is 64.8 cm³/mol. The molecule has 0 aliphatic heterocycles. The summed E-state index contributed by atoms with van der Waals surface area (Å²) in [6.07, 6.45) is -0.447. The van der Waals surface area contributed by atoms with Crippen LogP contribution in [0.1, 0.15) is 12.0 Å². The van der Waals surface area contributed by atoms with Gasteiger partial charge in [0.15, 0.2) is 0 Å². The van der Waals surface area contributed by atoms with Crippen molar-refractivity contribution < 1.29 is 14.7 Å². The van der Waals surface area contributed by atoms with Crippen LogP contribution in [0.4, 0.5) is 5.69 Å². The van der Waals surface area contributed by atoms with Crippen LogP contribution in [0.5, 0.6) is 0 Å². The van der Waals surface area contributed by atoms with E-state index in [-0.39, 0.29) is 0 Å². The van der Waals surface area contributed by atoms with Crippen LogP contribution in [-0.4, -0.2) is 30.1 Å². The van der Waals surface area contributed by atoms with Gasteiger partial charge in [-0.3, -0.25) is 9.59 Å². The first kappa shape index (κ1) is 13.7. The molecule has 0 bridgehead atoms. The van der Waals surface area contributed by atoms with E-state index in [4.69, 9.17) is 16.1 Å². The van der Waals surface area contributed by atoms with Gasteiger partial charge >= 0.3 is 5.97 Å². The molecule has 18 heavy (non-hydrogen) atoms. The monoisotopic (exact) mass is 247 g/mol. The number of nitrogens with two attached hydrogens (primary N) is 1. The molecule has 1 atom stereocenters. The fourth-order valence-corrected chi connectivity index (χ4v) is 1.50. The van der Waals surface area contributed by atoms with Gasteiger partial charge in [-0.25, -0.2) is 0 Å². The normalized spacial score (nSPS) is 11.4. The number of hydrogen-bond donors (Lipinski definition) is 2. The number of aliphatic carboxylic acids is 1. The van der Waals surface area contributed by atoms with Crippen LogP contribution in [0.25, 0.3) is 0 Å². The zero-order valence-corrected chi connectivity index (χ0v) is 9.83. The van der Waals surface area contributed by atoms with Crippen molar-refractivity contribution in [1.82, 2.24) is 0 Å². The zero-order chi connectivity index (χ0) is 13.7. The second kappa shape index (κ2) is 5.80. The number of carbonyl (C=O) groups excluding carboxylic acids is 1. The number of nitriles is 1. The van der Waals surface area contributed by atoms with Crippen LogP contribution in [0.3, 0.4) is 0 Å².